The van der Waals surface area contributed by atoms with Gasteiger partial charge in [0.05, 0.1) is 5.69 Å². The van der Waals surface area contributed by atoms with Crippen molar-refractivity contribution in [3.63, 3.8) is 0 Å². The smallest absolute Gasteiger partial charge is 0.256 e. The molecule has 3 aromatic heterocycles. The van der Waals surface area contributed by atoms with Gasteiger partial charge in [0.25, 0.3) is 5.91 Å². The van der Waals surface area contributed by atoms with Crippen molar-refractivity contribution < 1.29 is 4.79 Å². The Balaban J connectivity index is 1.35. The molecule has 0 aromatic carbocycles. The van der Waals surface area contributed by atoms with Gasteiger partial charge in [0.15, 0.2) is 0 Å². The zero-order valence-electron chi connectivity index (χ0n) is 18.0. The van der Waals surface area contributed by atoms with E-state index in [-0.39, 0.29) is 11.4 Å². The zero-order chi connectivity index (χ0) is 22.1. The molecule has 0 bridgehead atoms. The molecule has 0 radical (unpaired) electrons. The van der Waals surface area contributed by atoms with E-state index in [1.807, 2.05) is 0 Å². The van der Waals surface area contributed by atoms with Crippen molar-refractivity contribution in [1.82, 2.24) is 24.4 Å². The molecule has 2 aliphatic rings. The lowest BCUT2D eigenvalue weighted by atomic mass is 9.95. The largest absolute Gasteiger partial charge is 0.383 e. The Bertz CT molecular complexity index is 1080. The number of carbonyl (C=O) groups excluding carboxylic acids is 1. The van der Waals surface area contributed by atoms with Crippen LogP contribution in [-0.4, -0.2) is 63.0 Å². The van der Waals surface area contributed by atoms with Gasteiger partial charge in [-0.05, 0) is 43.8 Å². The minimum atomic E-state index is -0.595. The number of hydrogen-bond acceptors (Lipinski definition) is 8. The fraction of sp³-hybridized carbons (Fsp3) is 0.455. The molecular weight excluding hydrogens is 424 g/mol. The monoisotopic (exact) mass is 452 g/mol. The summed E-state index contributed by atoms with van der Waals surface area (Å²) in [6.07, 6.45) is 6.74. The number of primary amides is 1. The van der Waals surface area contributed by atoms with E-state index in [0.717, 1.165) is 50.5 Å². The first-order valence-corrected chi connectivity index (χ1v) is 12.0. The maximum atomic E-state index is 11.9. The molecule has 2 fully saturated rings. The van der Waals surface area contributed by atoms with Crippen LogP contribution in [0.3, 0.4) is 0 Å². The Morgan fingerprint density at radius 1 is 1.16 bits per heavy atom. The third-order valence-electron chi connectivity index (χ3n) is 6.49. The molecule has 9 nitrogen and oxygen atoms in total. The van der Waals surface area contributed by atoms with Crippen molar-refractivity contribution in [2.45, 2.75) is 31.7 Å². The number of imidazole rings is 1. The van der Waals surface area contributed by atoms with Gasteiger partial charge in [0, 0.05) is 49.2 Å². The fourth-order valence-electron chi connectivity index (χ4n) is 4.55. The van der Waals surface area contributed by atoms with Crippen molar-refractivity contribution >= 4 is 28.9 Å². The summed E-state index contributed by atoms with van der Waals surface area (Å²) in [5.41, 5.74) is 13.9. The summed E-state index contributed by atoms with van der Waals surface area (Å²) in [6.45, 7) is 5.94. The second kappa shape index (κ2) is 8.87. The zero-order valence-corrected chi connectivity index (χ0v) is 18.8. The van der Waals surface area contributed by atoms with E-state index in [4.69, 9.17) is 16.5 Å². The third-order valence-corrected chi connectivity index (χ3v) is 7.18. The SMILES string of the molecule is NC(=O)c1c(N)ncnc1N1CCC(c2nc(-c3ccsc3)cn2CCN2CCC2)CC1. The molecule has 2 saturated heterocycles. The molecule has 0 spiro atoms. The Kier molecular flexibility index (Phi) is 5.79. The second-order valence-corrected chi connectivity index (χ2v) is 9.25. The van der Waals surface area contributed by atoms with Crippen molar-refractivity contribution in [2.24, 2.45) is 5.73 Å². The van der Waals surface area contributed by atoms with Crippen LogP contribution in [0.1, 0.15) is 41.4 Å². The van der Waals surface area contributed by atoms with Gasteiger partial charge in [-0.2, -0.15) is 11.3 Å². The first-order chi connectivity index (χ1) is 15.6. The predicted octanol–water partition coefficient (Wildman–Crippen LogP) is 2.17. The summed E-state index contributed by atoms with van der Waals surface area (Å²) >= 11 is 1.69. The summed E-state index contributed by atoms with van der Waals surface area (Å²) in [5, 5.41) is 4.25. The van der Waals surface area contributed by atoms with E-state index in [0.29, 0.717) is 11.7 Å². The number of nitrogen functional groups attached to an aromatic ring is 1. The molecule has 1 amide bonds. The molecule has 0 unspecified atom stereocenters. The topological polar surface area (TPSA) is 119 Å². The highest BCUT2D eigenvalue weighted by atomic mass is 32.1. The predicted molar refractivity (Wildman–Crippen MR) is 126 cm³/mol. The van der Waals surface area contributed by atoms with Crippen molar-refractivity contribution in [2.75, 3.05) is 43.4 Å². The molecule has 0 aliphatic carbocycles. The standard InChI is InChI=1S/C22H28N8OS/c23-19-18(20(24)31)22(26-14-25-19)29-7-2-15(3-8-29)21-27-17(16-4-11-32-13-16)12-30(21)10-9-28-5-1-6-28/h4,11-15H,1-3,5-10H2,(H2,24,31)(H2,23,25,26). The average Bonchev–Trinajstić information content (AvgIpc) is 3.42. The Morgan fingerprint density at radius 2 is 1.97 bits per heavy atom. The number of likely N-dealkylation sites (tertiary alicyclic amines) is 1. The lowest BCUT2D eigenvalue weighted by molar-refractivity contribution is 0.100. The van der Waals surface area contributed by atoms with Crippen LogP contribution in [0.25, 0.3) is 11.3 Å². The minimum absolute atomic E-state index is 0.131. The van der Waals surface area contributed by atoms with Gasteiger partial charge in [0.1, 0.15) is 29.4 Å². The normalized spacial score (nSPS) is 17.4. The maximum Gasteiger partial charge on any atom is 0.256 e. The number of hydrogen-bond donors (Lipinski definition) is 2. The Hall–Kier alpha value is -2.98. The molecule has 3 aromatic rings. The molecule has 0 saturated carbocycles. The number of amides is 1. The van der Waals surface area contributed by atoms with Crippen LogP contribution in [0.5, 0.6) is 0 Å². The van der Waals surface area contributed by atoms with Crippen molar-refractivity contribution in [3.8, 4) is 11.3 Å². The van der Waals surface area contributed by atoms with Crippen LogP contribution >= 0.6 is 11.3 Å². The summed E-state index contributed by atoms with van der Waals surface area (Å²) in [7, 11) is 0. The third kappa shape index (κ3) is 4.07. The minimum Gasteiger partial charge on any atom is -0.383 e. The molecule has 10 heteroatoms. The molecule has 168 valence electrons. The van der Waals surface area contributed by atoms with E-state index < -0.39 is 5.91 Å². The first kappa shape index (κ1) is 20.9. The van der Waals surface area contributed by atoms with Gasteiger partial charge in [-0.1, -0.05) is 0 Å². The fourth-order valence-corrected chi connectivity index (χ4v) is 5.20. The van der Waals surface area contributed by atoms with Crippen LogP contribution in [0, 0.1) is 0 Å². The first-order valence-electron chi connectivity index (χ1n) is 11.1. The lowest BCUT2D eigenvalue weighted by Crippen LogP contribution is -2.39. The molecule has 4 N–H and O–H groups in total. The van der Waals surface area contributed by atoms with Crippen LogP contribution in [-0.2, 0) is 6.54 Å². The van der Waals surface area contributed by atoms with Crippen LogP contribution in [0.2, 0.25) is 0 Å². The lowest BCUT2D eigenvalue weighted by Gasteiger charge is -2.34. The highest BCUT2D eigenvalue weighted by Crippen LogP contribution is 2.33. The highest BCUT2D eigenvalue weighted by molar-refractivity contribution is 7.08. The van der Waals surface area contributed by atoms with Crippen LogP contribution < -0.4 is 16.4 Å². The number of nitrogens with zero attached hydrogens (tertiary/aromatic N) is 6. The molecule has 0 atom stereocenters. The number of nitrogens with two attached hydrogens (primary N) is 2. The van der Waals surface area contributed by atoms with E-state index in [1.165, 1.54) is 31.4 Å². The van der Waals surface area contributed by atoms with Crippen molar-refractivity contribution in [3.05, 3.63) is 40.7 Å². The summed E-state index contributed by atoms with van der Waals surface area (Å²) in [4.78, 5) is 29.8. The van der Waals surface area contributed by atoms with Crippen LogP contribution in [0.15, 0.2) is 29.4 Å². The number of rotatable bonds is 7. The Labute approximate surface area is 191 Å². The average molecular weight is 453 g/mol. The second-order valence-electron chi connectivity index (χ2n) is 8.47. The highest BCUT2D eigenvalue weighted by Gasteiger charge is 2.29. The van der Waals surface area contributed by atoms with E-state index in [1.54, 1.807) is 11.3 Å². The van der Waals surface area contributed by atoms with Crippen LogP contribution in [0.4, 0.5) is 11.6 Å². The number of anilines is 2. The van der Waals surface area contributed by atoms with Gasteiger partial charge in [-0.25, -0.2) is 15.0 Å². The number of carbonyl (C=O) groups is 1. The van der Waals surface area contributed by atoms with Gasteiger partial charge in [0.2, 0.25) is 0 Å². The van der Waals surface area contributed by atoms with Gasteiger partial charge in [-0.3, -0.25) is 4.79 Å². The summed E-state index contributed by atoms with van der Waals surface area (Å²) in [6, 6.07) is 2.13. The molecule has 2 aliphatic heterocycles. The Morgan fingerprint density at radius 3 is 2.62 bits per heavy atom. The number of piperidine rings is 1. The quantitative estimate of drug-likeness (QED) is 0.564. The van der Waals surface area contributed by atoms with Crippen molar-refractivity contribution in [1.29, 1.82) is 0 Å². The molecule has 5 rings (SSSR count). The van der Waals surface area contributed by atoms with E-state index in [9.17, 15) is 4.79 Å². The van der Waals surface area contributed by atoms with Gasteiger partial charge in [-0.15, -0.1) is 0 Å². The maximum absolute atomic E-state index is 11.9. The summed E-state index contributed by atoms with van der Waals surface area (Å²) < 4.78 is 2.35. The molecular formula is C22H28N8OS. The number of thiophene rings is 1. The molecule has 32 heavy (non-hydrogen) atoms. The van der Waals surface area contributed by atoms with E-state index >= 15 is 0 Å². The molecule has 5 heterocycles. The number of aromatic nitrogens is 4. The van der Waals surface area contributed by atoms with E-state index in [2.05, 4.69) is 47.4 Å². The van der Waals surface area contributed by atoms with Gasteiger partial charge < -0.3 is 25.8 Å². The summed E-state index contributed by atoms with van der Waals surface area (Å²) in [5.74, 6) is 1.58. The van der Waals surface area contributed by atoms with Gasteiger partial charge >= 0.3 is 0 Å².